The second-order valence-electron chi connectivity index (χ2n) is 4.93. The summed E-state index contributed by atoms with van der Waals surface area (Å²) in [6.07, 6.45) is 0. The molecule has 0 aliphatic rings. The van der Waals surface area contributed by atoms with E-state index in [4.69, 9.17) is 0 Å². The van der Waals surface area contributed by atoms with Crippen LogP contribution in [0.25, 0.3) is 0 Å². The summed E-state index contributed by atoms with van der Waals surface area (Å²) in [7, 11) is 0. The Labute approximate surface area is 110 Å². The minimum Gasteiger partial charge on any atom is -0.0998 e. The monoisotopic (exact) mass is 236 g/mol. The molecule has 0 aromatic heterocycles. The van der Waals surface area contributed by atoms with Gasteiger partial charge in [0.2, 0.25) is 0 Å². The summed E-state index contributed by atoms with van der Waals surface area (Å²) in [6, 6.07) is 21.4. The maximum Gasteiger partial charge on any atom is 0.0152 e. The summed E-state index contributed by atoms with van der Waals surface area (Å²) in [5, 5.41) is 0. The maximum absolute atomic E-state index is 4.13. The molecule has 0 aliphatic carbocycles. The zero-order valence-electron chi connectivity index (χ0n) is 11.1. The van der Waals surface area contributed by atoms with Crippen molar-refractivity contribution >= 4 is 0 Å². The molecule has 2 aromatic rings. The molecule has 2 aromatic carbocycles. The lowest BCUT2D eigenvalue weighted by Crippen LogP contribution is -2.12. The van der Waals surface area contributed by atoms with Crippen molar-refractivity contribution in [3.8, 4) is 0 Å². The Morgan fingerprint density at radius 1 is 0.833 bits per heavy atom. The third-order valence-corrected chi connectivity index (χ3v) is 3.59. The first-order valence-corrected chi connectivity index (χ1v) is 6.45. The molecular weight excluding hydrogens is 216 g/mol. The van der Waals surface area contributed by atoms with Gasteiger partial charge in [-0.25, -0.2) is 0 Å². The van der Waals surface area contributed by atoms with Gasteiger partial charge in [0.15, 0.2) is 0 Å². The standard InChI is InChI=1S/C18H20/c1-14(2)15(3)18(16-10-6-4-7-11-16)17-12-8-5-9-13-17/h4-13,15,18H,1H2,2-3H3. The predicted octanol–water partition coefficient (Wildman–Crippen LogP) is 5.03. The first-order chi connectivity index (χ1) is 8.70. The molecule has 0 fully saturated rings. The molecule has 0 radical (unpaired) electrons. The van der Waals surface area contributed by atoms with Gasteiger partial charge in [-0.1, -0.05) is 79.7 Å². The Morgan fingerprint density at radius 2 is 1.22 bits per heavy atom. The molecule has 1 unspecified atom stereocenters. The van der Waals surface area contributed by atoms with Crippen molar-refractivity contribution in [3.05, 3.63) is 83.9 Å². The van der Waals surface area contributed by atoms with Crippen molar-refractivity contribution < 1.29 is 0 Å². The van der Waals surface area contributed by atoms with E-state index in [0.717, 1.165) is 0 Å². The van der Waals surface area contributed by atoms with Crippen LogP contribution < -0.4 is 0 Å². The van der Waals surface area contributed by atoms with Crippen LogP contribution in [0.3, 0.4) is 0 Å². The molecule has 92 valence electrons. The van der Waals surface area contributed by atoms with E-state index in [2.05, 4.69) is 81.1 Å². The number of benzene rings is 2. The molecule has 18 heavy (non-hydrogen) atoms. The van der Waals surface area contributed by atoms with E-state index in [1.54, 1.807) is 0 Å². The molecule has 0 nitrogen and oxygen atoms in total. The van der Waals surface area contributed by atoms with Crippen molar-refractivity contribution in [1.82, 2.24) is 0 Å². The van der Waals surface area contributed by atoms with Crippen LogP contribution in [-0.4, -0.2) is 0 Å². The van der Waals surface area contributed by atoms with Crippen molar-refractivity contribution in [3.63, 3.8) is 0 Å². The van der Waals surface area contributed by atoms with E-state index in [9.17, 15) is 0 Å². The molecule has 1 atom stereocenters. The molecule has 0 spiro atoms. The van der Waals surface area contributed by atoms with Crippen LogP contribution in [0.4, 0.5) is 0 Å². The molecular formula is C18H20. The van der Waals surface area contributed by atoms with Gasteiger partial charge in [0.05, 0.1) is 0 Å². The smallest absolute Gasteiger partial charge is 0.0152 e. The van der Waals surface area contributed by atoms with Gasteiger partial charge >= 0.3 is 0 Å². The molecule has 0 amide bonds. The third kappa shape index (κ3) is 2.70. The lowest BCUT2D eigenvalue weighted by molar-refractivity contribution is 0.592. The second kappa shape index (κ2) is 5.68. The van der Waals surface area contributed by atoms with E-state index >= 15 is 0 Å². The maximum atomic E-state index is 4.13. The number of rotatable bonds is 4. The lowest BCUT2D eigenvalue weighted by Gasteiger charge is -2.25. The lowest BCUT2D eigenvalue weighted by atomic mass is 9.79. The molecule has 0 bridgehead atoms. The minimum absolute atomic E-state index is 0.393. The van der Waals surface area contributed by atoms with Gasteiger partial charge in [-0.3, -0.25) is 0 Å². The van der Waals surface area contributed by atoms with Gasteiger partial charge in [0, 0.05) is 5.92 Å². The zero-order chi connectivity index (χ0) is 13.0. The molecule has 2 rings (SSSR count). The summed E-state index contributed by atoms with van der Waals surface area (Å²) in [4.78, 5) is 0. The summed E-state index contributed by atoms with van der Waals surface area (Å²) in [6.45, 7) is 8.50. The van der Waals surface area contributed by atoms with E-state index in [1.807, 2.05) is 0 Å². The van der Waals surface area contributed by atoms with Gasteiger partial charge in [-0.05, 0) is 24.0 Å². The van der Waals surface area contributed by atoms with Crippen LogP contribution in [0.15, 0.2) is 72.8 Å². The fraction of sp³-hybridized carbons (Fsp3) is 0.222. The van der Waals surface area contributed by atoms with Crippen LogP contribution in [0.5, 0.6) is 0 Å². The van der Waals surface area contributed by atoms with Crippen molar-refractivity contribution in [2.24, 2.45) is 5.92 Å². The third-order valence-electron chi connectivity index (χ3n) is 3.59. The van der Waals surface area contributed by atoms with Crippen LogP contribution in [0, 0.1) is 5.92 Å². The fourth-order valence-electron chi connectivity index (χ4n) is 2.38. The summed E-state index contributed by atoms with van der Waals surface area (Å²) >= 11 is 0. The van der Waals surface area contributed by atoms with E-state index in [0.29, 0.717) is 11.8 Å². The highest BCUT2D eigenvalue weighted by molar-refractivity contribution is 5.35. The van der Waals surface area contributed by atoms with Crippen molar-refractivity contribution in [2.45, 2.75) is 19.8 Å². The highest BCUT2D eigenvalue weighted by Gasteiger charge is 2.21. The van der Waals surface area contributed by atoms with Gasteiger partial charge < -0.3 is 0 Å². The SMILES string of the molecule is C=C(C)C(C)C(c1ccccc1)c1ccccc1. The largest absolute Gasteiger partial charge is 0.0998 e. The van der Waals surface area contributed by atoms with Crippen LogP contribution in [-0.2, 0) is 0 Å². The summed E-state index contributed by atoms with van der Waals surface area (Å²) in [5.74, 6) is 0.833. The quantitative estimate of drug-likeness (QED) is 0.653. The molecule has 0 aliphatic heterocycles. The first kappa shape index (κ1) is 12.6. The number of allylic oxidation sites excluding steroid dienone is 1. The van der Waals surface area contributed by atoms with Crippen LogP contribution >= 0.6 is 0 Å². The van der Waals surface area contributed by atoms with E-state index < -0.39 is 0 Å². The normalized spacial score (nSPS) is 12.4. The van der Waals surface area contributed by atoms with Gasteiger partial charge in [-0.2, -0.15) is 0 Å². The Kier molecular flexibility index (Phi) is 3.99. The Morgan fingerprint density at radius 3 is 1.56 bits per heavy atom. The molecule has 0 saturated carbocycles. The van der Waals surface area contributed by atoms with E-state index in [-0.39, 0.29) is 0 Å². The fourth-order valence-corrected chi connectivity index (χ4v) is 2.38. The van der Waals surface area contributed by atoms with E-state index in [1.165, 1.54) is 16.7 Å². The molecule has 0 heterocycles. The van der Waals surface area contributed by atoms with Gasteiger partial charge in [-0.15, -0.1) is 0 Å². The highest BCUT2D eigenvalue weighted by Crippen LogP contribution is 2.34. The summed E-state index contributed by atoms with van der Waals surface area (Å²) < 4.78 is 0. The topological polar surface area (TPSA) is 0 Å². The van der Waals surface area contributed by atoms with Crippen LogP contribution in [0.2, 0.25) is 0 Å². The number of hydrogen-bond acceptors (Lipinski definition) is 0. The molecule has 0 heteroatoms. The zero-order valence-corrected chi connectivity index (χ0v) is 11.1. The first-order valence-electron chi connectivity index (χ1n) is 6.45. The number of hydrogen-bond donors (Lipinski definition) is 0. The molecule has 0 N–H and O–H groups in total. The van der Waals surface area contributed by atoms with Crippen LogP contribution in [0.1, 0.15) is 30.9 Å². The Balaban J connectivity index is 2.45. The molecule has 0 saturated heterocycles. The predicted molar refractivity (Wildman–Crippen MR) is 78.7 cm³/mol. The highest BCUT2D eigenvalue weighted by atomic mass is 14.2. The average molecular weight is 236 g/mol. The van der Waals surface area contributed by atoms with Gasteiger partial charge in [0.25, 0.3) is 0 Å². The summed E-state index contributed by atoms with van der Waals surface area (Å²) in [5.41, 5.74) is 3.95. The Bertz CT molecular complexity index is 457. The van der Waals surface area contributed by atoms with Crippen molar-refractivity contribution in [2.75, 3.05) is 0 Å². The minimum atomic E-state index is 0.393. The second-order valence-corrected chi connectivity index (χ2v) is 4.93. The van der Waals surface area contributed by atoms with Crippen molar-refractivity contribution in [1.29, 1.82) is 0 Å². The average Bonchev–Trinajstić information content (AvgIpc) is 2.41. The Hall–Kier alpha value is -1.82. The van der Waals surface area contributed by atoms with Gasteiger partial charge in [0.1, 0.15) is 0 Å².